The second kappa shape index (κ2) is 7.47. The lowest BCUT2D eigenvalue weighted by atomic mass is 10.2. The third-order valence-electron chi connectivity index (χ3n) is 4.96. The quantitative estimate of drug-likeness (QED) is 0.643. The van der Waals surface area contributed by atoms with E-state index in [2.05, 4.69) is 16.8 Å². The zero-order valence-corrected chi connectivity index (χ0v) is 16.8. The summed E-state index contributed by atoms with van der Waals surface area (Å²) in [6.07, 6.45) is 0. The van der Waals surface area contributed by atoms with Gasteiger partial charge in [-0.15, -0.1) is 11.3 Å². The predicted octanol–water partition coefficient (Wildman–Crippen LogP) is 3.64. The van der Waals surface area contributed by atoms with Gasteiger partial charge in [-0.3, -0.25) is 4.90 Å². The van der Waals surface area contributed by atoms with Crippen LogP contribution in [0.15, 0.2) is 47.4 Å². The van der Waals surface area contributed by atoms with Crippen molar-refractivity contribution in [1.29, 1.82) is 0 Å². The van der Waals surface area contributed by atoms with Gasteiger partial charge in [-0.05, 0) is 31.2 Å². The third-order valence-corrected chi connectivity index (χ3v) is 8.05. The van der Waals surface area contributed by atoms with Crippen LogP contribution < -0.4 is 0 Å². The van der Waals surface area contributed by atoms with Gasteiger partial charge >= 0.3 is 0 Å². The number of aromatic nitrogens is 1. The maximum Gasteiger partial charge on any atom is 0.243 e. The van der Waals surface area contributed by atoms with Crippen LogP contribution in [0.4, 0.5) is 8.78 Å². The number of hydrogen-bond acceptors (Lipinski definition) is 5. The molecule has 0 aliphatic carbocycles. The lowest BCUT2D eigenvalue weighted by Crippen LogP contribution is -2.49. The number of thiazole rings is 1. The summed E-state index contributed by atoms with van der Waals surface area (Å²) in [4.78, 5) is 6.51. The Morgan fingerprint density at radius 2 is 1.68 bits per heavy atom. The Labute approximate surface area is 166 Å². The summed E-state index contributed by atoms with van der Waals surface area (Å²) in [5.41, 5.74) is 0.962. The van der Waals surface area contributed by atoms with E-state index in [0.29, 0.717) is 19.2 Å². The maximum absolute atomic E-state index is 13.4. The Kier molecular flexibility index (Phi) is 5.17. The van der Waals surface area contributed by atoms with E-state index in [9.17, 15) is 17.2 Å². The van der Waals surface area contributed by atoms with Crippen LogP contribution in [-0.4, -0.2) is 48.8 Å². The molecule has 1 aliphatic rings. The molecule has 0 amide bonds. The smallest absolute Gasteiger partial charge is 0.243 e. The fourth-order valence-corrected chi connectivity index (χ4v) is 5.90. The van der Waals surface area contributed by atoms with Gasteiger partial charge in [0, 0.05) is 32.2 Å². The molecule has 1 aliphatic heterocycles. The van der Waals surface area contributed by atoms with Crippen molar-refractivity contribution >= 4 is 31.6 Å². The van der Waals surface area contributed by atoms with Crippen LogP contribution in [0, 0.1) is 11.6 Å². The molecule has 0 spiro atoms. The zero-order valence-electron chi connectivity index (χ0n) is 15.2. The first-order chi connectivity index (χ1) is 13.3. The van der Waals surface area contributed by atoms with Crippen LogP contribution in [0.3, 0.4) is 0 Å². The number of hydrogen-bond donors (Lipinski definition) is 0. The van der Waals surface area contributed by atoms with Crippen molar-refractivity contribution < 1.29 is 17.2 Å². The predicted molar refractivity (Wildman–Crippen MR) is 105 cm³/mol. The lowest BCUT2D eigenvalue weighted by molar-refractivity contribution is 0.145. The van der Waals surface area contributed by atoms with Gasteiger partial charge in [0.2, 0.25) is 10.0 Å². The van der Waals surface area contributed by atoms with E-state index >= 15 is 0 Å². The van der Waals surface area contributed by atoms with Gasteiger partial charge in [-0.25, -0.2) is 22.2 Å². The van der Waals surface area contributed by atoms with Gasteiger partial charge in [0.05, 0.1) is 21.2 Å². The molecule has 1 fully saturated rings. The number of para-hydroxylation sites is 1. The first-order valence-electron chi connectivity index (χ1n) is 8.90. The maximum atomic E-state index is 13.4. The molecule has 0 bridgehead atoms. The lowest BCUT2D eigenvalue weighted by Gasteiger charge is -2.36. The van der Waals surface area contributed by atoms with Crippen molar-refractivity contribution in [2.45, 2.75) is 17.9 Å². The molecule has 1 saturated heterocycles. The summed E-state index contributed by atoms with van der Waals surface area (Å²) in [6.45, 7) is 3.62. The van der Waals surface area contributed by atoms with E-state index in [0.717, 1.165) is 27.4 Å². The summed E-state index contributed by atoms with van der Waals surface area (Å²) >= 11 is 1.64. The minimum Gasteiger partial charge on any atom is -0.292 e. The minimum absolute atomic E-state index is 0.0638. The van der Waals surface area contributed by atoms with Crippen molar-refractivity contribution in [3.8, 4) is 0 Å². The Balaban J connectivity index is 1.47. The number of fused-ring (bicyclic) bond motifs is 1. The highest BCUT2D eigenvalue weighted by Crippen LogP contribution is 2.30. The Morgan fingerprint density at radius 1 is 1.04 bits per heavy atom. The molecule has 2 aromatic carbocycles. The van der Waals surface area contributed by atoms with Gasteiger partial charge in [-0.1, -0.05) is 12.1 Å². The van der Waals surface area contributed by atoms with E-state index in [4.69, 9.17) is 0 Å². The number of rotatable bonds is 4. The van der Waals surface area contributed by atoms with Gasteiger partial charge in [0.1, 0.15) is 16.6 Å². The SMILES string of the molecule is CC(c1nc2ccccc2s1)N1CCN(S(=O)(=O)c2cc(F)cc(F)c2)CC1. The Hall–Kier alpha value is -1.94. The topological polar surface area (TPSA) is 53.5 Å². The largest absolute Gasteiger partial charge is 0.292 e. The van der Waals surface area contributed by atoms with Crippen molar-refractivity contribution in [1.82, 2.24) is 14.2 Å². The van der Waals surface area contributed by atoms with Gasteiger partial charge in [-0.2, -0.15) is 4.31 Å². The van der Waals surface area contributed by atoms with Gasteiger partial charge < -0.3 is 0 Å². The van der Waals surface area contributed by atoms with Crippen molar-refractivity contribution in [2.24, 2.45) is 0 Å². The van der Waals surface area contributed by atoms with E-state index < -0.39 is 21.7 Å². The van der Waals surface area contributed by atoms with Crippen molar-refractivity contribution in [2.75, 3.05) is 26.2 Å². The monoisotopic (exact) mass is 423 g/mol. The first kappa shape index (κ1) is 19.4. The van der Waals surface area contributed by atoms with E-state index in [1.807, 2.05) is 24.3 Å². The fraction of sp³-hybridized carbons (Fsp3) is 0.316. The second-order valence-corrected chi connectivity index (χ2v) is 9.74. The van der Waals surface area contributed by atoms with E-state index in [-0.39, 0.29) is 24.0 Å². The Morgan fingerprint density at radius 3 is 2.32 bits per heavy atom. The van der Waals surface area contributed by atoms with Gasteiger partial charge in [0.15, 0.2) is 0 Å². The third kappa shape index (κ3) is 3.67. The van der Waals surface area contributed by atoms with Crippen molar-refractivity contribution in [3.05, 3.63) is 59.1 Å². The zero-order chi connectivity index (χ0) is 19.9. The molecule has 3 aromatic rings. The highest BCUT2D eigenvalue weighted by molar-refractivity contribution is 7.89. The number of nitrogens with zero attached hydrogens (tertiary/aromatic N) is 3. The molecular formula is C19H19F2N3O2S2. The van der Waals surface area contributed by atoms with E-state index in [1.165, 1.54) is 4.31 Å². The summed E-state index contributed by atoms with van der Waals surface area (Å²) in [6, 6.07) is 10.4. The molecule has 28 heavy (non-hydrogen) atoms. The van der Waals surface area contributed by atoms with Crippen molar-refractivity contribution in [3.63, 3.8) is 0 Å². The van der Waals surface area contributed by atoms with Crippen LogP contribution in [0.1, 0.15) is 18.0 Å². The standard InChI is InChI=1S/C19H19F2N3O2S2/c1-13(19-22-17-4-2-3-5-18(17)27-19)23-6-8-24(9-7-23)28(25,26)16-11-14(20)10-15(21)12-16/h2-5,10-13H,6-9H2,1H3. The summed E-state index contributed by atoms with van der Waals surface area (Å²) in [5, 5.41) is 0.990. The molecule has 4 rings (SSSR count). The number of piperazine rings is 1. The average molecular weight is 424 g/mol. The molecule has 1 atom stereocenters. The molecule has 9 heteroatoms. The molecule has 5 nitrogen and oxygen atoms in total. The summed E-state index contributed by atoms with van der Waals surface area (Å²) < 4.78 is 54.7. The highest BCUT2D eigenvalue weighted by atomic mass is 32.2. The fourth-order valence-electron chi connectivity index (χ4n) is 3.38. The Bertz CT molecular complexity index is 1060. The number of halogens is 2. The van der Waals surface area contributed by atoms with Crippen LogP contribution >= 0.6 is 11.3 Å². The normalized spacial score (nSPS) is 17.8. The van der Waals surface area contributed by atoms with Crippen LogP contribution in [0.5, 0.6) is 0 Å². The average Bonchev–Trinajstić information content (AvgIpc) is 3.11. The van der Waals surface area contributed by atoms with Crippen LogP contribution in [-0.2, 0) is 10.0 Å². The number of sulfonamides is 1. The molecule has 0 saturated carbocycles. The van der Waals surface area contributed by atoms with Crippen LogP contribution in [0.2, 0.25) is 0 Å². The highest BCUT2D eigenvalue weighted by Gasteiger charge is 2.31. The van der Waals surface area contributed by atoms with Gasteiger partial charge in [0.25, 0.3) is 0 Å². The van der Waals surface area contributed by atoms with Crippen LogP contribution in [0.25, 0.3) is 10.2 Å². The molecule has 148 valence electrons. The minimum atomic E-state index is -3.93. The molecule has 0 N–H and O–H groups in total. The summed E-state index contributed by atoms with van der Waals surface area (Å²) in [7, 11) is -3.93. The molecule has 2 heterocycles. The molecule has 1 aromatic heterocycles. The second-order valence-electron chi connectivity index (χ2n) is 6.74. The number of benzene rings is 2. The van der Waals surface area contributed by atoms with E-state index in [1.54, 1.807) is 11.3 Å². The molecular weight excluding hydrogens is 404 g/mol. The molecule has 1 unspecified atom stereocenters. The molecule has 0 radical (unpaired) electrons. The summed E-state index contributed by atoms with van der Waals surface area (Å²) in [5.74, 6) is -1.80. The first-order valence-corrected chi connectivity index (χ1v) is 11.2.